The van der Waals surface area contributed by atoms with E-state index in [2.05, 4.69) is 21.3 Å². The smallest absolute Gasteiger partial charge is 0.314 e. The van der Waals surface area contributed by atoms with Crippen molar-refractivity contribution in [2.24, 2.45) is 0 Å². The van der Waals surface area contributed by atoms with Gasteiger partial charge in [0.1, 0.15) is 12.3 Å². The first-order chi connectivity index (χ1) is 14.2. The second-order valence-electron chi connectivity index (χ2n) is 7.32. The number of nitrogens with one attached hydrogen (secondary N) is 4. The number of benzene rings is 2. The van der Waals surface area contributed by atoms with Crippen molar-refractivity contribution in [1.29, 1.82) is 0 Å². The number of likely N-dealkylation sites (N-methyl/N-ethyl adjacent to an activating group) is 2. The molecular weight excluding hydrogens is 384 g/mol. The predicted octanol–water partition coefficient (Wildman–Crippen LogP) is 2.90. The lowest BCUT2D eigenvalue weighted by Gasteiger charge is -2.27. The van der Waals surface area contributed by atoms with Gasteiger partial charge in [-0.1, -0.05) is 35.4 Å². The molecule has 1 saturated heterocycles. The van der Waals surface area contributed by atoms with Crippen LogP contribution in [0.3, 0.4) is 0 Å². The number of urea groups is 3. The van der Waals surface area contributed by atoms with Crippen LogP contribution in [0, 0.1) is 13.8 Å². The molecule has 0 spiro atoms. The molecule has 9 nitrogen and oxygen atoms in total. The van der Waals surface area contributed by atoms with Crippen molar-refractivity contribution in [3.05, 3.63) is 59.7 Å². The number of aryl methyl sites for hydroxylation is 2. The van der Waals surface area contributed by atoms with Gasteiger partial charge >= 0.3 is 18.1 Å². The fourth-order valence-corrected chi connectivity index (χ4v) is 3.14. The zero-order valence-corrected chi connectivity index (χ0v) is 17.4. The van der Waals surface area contributed by atoms with Crippen molar-refractivity contribution >= 4 is 29.5 Å². The van der Waals surface area contributed by atoms with Gasteiger partial charge in [-0.3, -0.25) is 0 Å². The van der Waals surface area contributed by atoms with Crippen LogP contribution in [0.5, 0.6) is 0 Å². The summed E-state index contributed by atoms with van der Waals surface area (Å²) >= 11 is 0. The van der Waals surface area contributed by atoms with Crippen molar-refractivity contribution in [1.82, 2.24) is 20.4 Å². The first-order valence-electron chi connectivity index (χ1n) is 9.52. The van der Waals surface area contributed by atoms with E-state index < -0.39 is 24.4 Å². The molecule has 9 heteroatoms. The van der Waals surface area contributed by atoms with E-state index in [1.807, 2.05) is 38.1 Å². The molecule has 3 rings (SSSR count). The summed E-state index contributed by atoms with van der Waals surface area (Å²) in [7, 11) is 3.13. The molecule has 30 heavy (non-hydrogen) atoms. The third-order valence-electron chi connectivity index (χ3n) is 4.91. The van der Waals surface area contributed by atoms with Gasteiger partial charge in [-0.05, 0) is 38.1 Å². The van der Waals surface area contributed by atoms with Crippen LogP contribution in [-0.4, -0.2) is 54.3 Å². The molecule has 1 aliphatic rings. The summed E-state index contributed by atoms with van der Waals surface area (Å²) in [6.45, 7) is 3.91. The molecule has 158 valence electrons. The standard InChI is InChI=1S/C21H26N6O3/c1-13-5-9-15(10-6-13)22-19(28)24-17-18(27(4)21(30)26(17)3)25-20(29)23-16-11-7-14(2)8-12-16/h5-12,17-18H,1-4H3,(H2,22,24,28)(H2,23,25,29)/t17-,18-/m1/s1. The Morgan fingerprint density at radius 2 is 1.03 bits per heavy atom. The van der Waals surface area contributed by atoms with E-state index in [0.717, 1.165) is 11.1 Å². The molecular formula is C21H26N6O3. The van der Waals surface area contributed by atoms with E-state index in [1.165, 1.54) is 9.80 Å². The van der Waals surface area contributed by atoms with Crippen LogP contribution < -0.4 is 21.3 Å². The molecule has 1 aliphatic heterocycles. The minimum Gasteiger partial charge on any atom is -0.314 e. The fourth-order valence-electron chi connectivity index (χ4n) is 3.14. The number of hydrogen-bond acceptors (Lipinski definition) is 3. The summed E-state index contributed by atoms with van der Waals surface area (Å²) in [6.07, 6.45) is -1.51. The van der Waals surface area contributed by atoms with E-state index in [0.29, 0.717) is 11.4 Å². The van der Waals surface area contributed by atoms with Crippen LogP contribution in [0.15, 0.2) is 48.5 Å². The third kappa shape index (κ3) is 4.80. The Hall–Kier alpha value is -3.75. The van der Waals surface area contributed by atoms with Gasteiger partial charge in [0.15, 0.2) is 0 Å². The predicted molar refractivity (Wildman–Crippen MR) is 115 cm³/mol. The molecule has 0 bridgehead atoms. The number of hydrogen-bond donors (Lipinski definition) is 4. The van der Waals surface area contributed by atoms with Gasteiger partial charge < -0.3 is 31.1 Å². The lowest BCUT2D eigenvalue weighted by molar-refractivity contribution is 0.197. The van der Waals surface area contributed by atoms with Crippen molar-refractivity contribution in [3.8, 4) is 0 Å². The highest BCUT2D eigenvalue weighted by Gasteiger charge is 2.43. The molecule has 0 radical (unpaired) electrons. The topological polar surface area (TPSA) is 106 Å². The Morgan fingerprint density at radius 3 is 1.37 bits per heavy atom. The van der Waals surface area contributed by atoms with E-state index >= 15 is 0 Å². The van der Waals surface area contributed by atoms with Gasteiger partial charge in [0, 0.05) is 25.5 Å². The van der Waals surface area contributed by atoms with Crippen molar-refractivity contribution in [2.45, 2.75) is 26.2 Å². The van der Waals surface area contributed by atoms with Gasteiger partial charge in [-0.15, -0.1) is 0 Å². The van der Waals surface area contributed by atoms with Gasteiger partial charge in [-0.2, -0.15) is 0 Å². The zero-order valence-electron chi connectivity index (χ0n) is 17.4. The minimum atomic E-state index is -0.753. The van der Waals surface area contributed by atoms with E-state index in [1.54, 1.807) is 38.4 Å². The Labute approximate surface area is 175 Å². The highest BCUT2D eigenvalue weighted by atomic mass is 16.2. The second kappa shape index (κ2) is 8.73. The first kappa shape index (κ1) is 21.0. The lowest BCUT2D eigenvalue weighted by atomic mass is 10.2. The van der Waals surface area contributed by atoms with Gasteiger partial charge in [0.05, 0.1) is 0 Å². The van der Waals surface area contributed by atoms with E-state index in [-0.39, 0.29) is 6.03 Å². The maximum Gasteiger partial charge on any atom is 0.323 e. The van der Waals surface area contributed by atoms with E-state index in [9.17, 15) is 14.4 Å². The SMILES string of the molecule is Cc1ccc(NC(=O)N[C@H]2[C@H](NC(=O)Nc3ccc(C)cc3)N(C)C(=O)N2C)cc1. The van der Waals surface area contributed by atoms with Gasteiger partial charge in [0.2, 0.25) is 0 Å². The molecule has 6 amide bonds. The quantitative estimate of drug-likeness (QED) is 0.623. The molecule has 0 saturated carbocycles. The van der Waals surface area contributed by atoms with Crippen LogP contribution in [-0.2, 0) is 0 Å². The molecule has 1 fully saturated rings. The van der Waals surface area contributed by atoms with Crippen molar-refractivity contribution in [3.63, 3.8) is 0 Å². The minimum absolute atomic E-state index is 0.323. The Balaban J connectivity index is 1.65. The van der Waals surface area contributed by atoms with Crippen LogP contribution in [0.4, 0.5) is 25.8 Å². The normalized spacial score (nSPS) is 18.2. The molecule has 0 aliphatic carbocycles. The molecule has 0 unspecified atom stereocenters. The average Bonchev–Trinajstić information content (AvgIpc) is 2.90. The first-order valence-corrected chi connectivity index (χ1v) is 9.52. The lowest BCUT2D eigenvalue weighted by Crippen LogP contribution is -2.57. The van der Waals surface area contributed by atoms with Crippen LogP contribution in [0.1, 0.15) is 11.1 Å². The highest BCUT2D eigenvalue weighted by molar-refractivity contribution is 5.92. The monoisotopic (exact) mass is 410 g/mol. The molecule has 0 aromatic heterocycles. The second-order valence-corrected chi connectivity index (χ2v) is 7.32. The molecule has 4 N–H and O–H groups in total. The number of nitrogens with zero attached hydrogens (tertiary/aromatic N) is 2. The Kier molecular flexibility index (Phi) is 6.10. The maximum absolute atomic E-state index is 12.5. The van der Waals surface area contributed by atoms with Crippen LogP contribution in [0.2, 0.25) is 0 Å². The van der Waals surface area contributed by atoms with Gasteiger partial charge in [0.25, 0.3) is 0 Å². The number of anilines is 2. The number of carbonyl (C=O) groups is 3. The summed E-state index contributed by atoms with van der Waals surface area (Å²) in [4.78, 5) is 40.0. The average molecular weight is 410 g/mol. The third-order valence-corrected chi connectivity index (χ3v) is 4.91. The van der Waals surface area contributed by atoms with Crippen molar-refractivity contribution in [2.75, 3.05) is 24.7 Å². The van der Waals surface area contributed by atoms with Gasteiger partial charge in [-0.25, -0.2) is 14.4 Å². The highest BCUT2D eigenvalue weighted by Crippen LogP contribution is 2.17. The summed E-state index contributed by atoms with van der Waals surface area (Å²) in [5.41, 5.74) is 3.40. The summed E-state index contributed by atoms with van der Waals surface area (Å²) in [6, 6.07) is 13.4. The van der Waals surface area contributed by atoms with Crippen LogP contribution in [0.25, 0.3) is 0 Å². The molecule has 2 atom stereocenters. The molecule has 1 heterocycles. The largest absolute Gasteiger partial charge is 0.323 e. The number of carbonyl (C=O) groups excluding carboxylic acids is 3. The van der Waals surface area contributed by atoms with E-state index in [4.69, 9.17) is 0 Å². The molecule has 2 aromatic carbocycles. The summed E-state index contributed by atoms with van der Waals surface area (Å²) in [5, 5.41) is 11.0. The number of amides is 6. The number of rotatable bonds is 4. The van der Waals surface area contributed by atoms with Crippen LogP contribution >= 0.6 is 0 Å². The maximum atomic E-state index is 12.5. The zero-order chi connectivity index (χ0) is 21.8. The summed E-state index contributed by atoms with van der Waals surface area (Å²) < 4.78 is 0. The fraction of sp³-hybridized carbons (Fsp3) is 0.286. The van der Waals surface area contributed by atoms with Crippen molar-refractivity contribution < 1.29 is 14.4 Å². The summed E-state index contributed by atoms with van der Waals surface area (Å²) in [5.74, 6) is 0. The molecule has 2 aromatic rings. The Bertz CT molecular complexity index is 853. The Morgan fingerprint density at radius 1 is 0.700 bits per heavy atom.